The molecule has 5 rings (SSSR count). The number of likely N-dealkylation sites (N-methyl/N-ethyl adjacent to an activating group) is 1. The SMILES string of the molecule is CC(C)c1ccc(N2CCC(C)(O)CC2)c(CN(C)C)n1.CC(C)c1ccc(N2CCC[C@@](O)(CN(C)C3CC3)C2)cn1. The van der Waals surface area contributed by atoms with Crippen LogP contribution in [-0.4, -0.2) is 101 Å². The zero-order valence-corrected chi connectivity index (χ0v) is 28.2. The van der Waals surface area contributed by atoms with Crippen molar-refractivity contribution in [2.45, 2.75) is 109 Å². The third-order valence-electron chi connectivity index (χ3n) is 9.21. The third kappa shape index (κ3) is 9.61. The summed E-state index contributed by atoms with van der Waals surface area (Å²) in [6.07, 6.45) is 8.12. The molecule has 1 atom stereocenters. The fourth-order valence-electron chi connectivity index (χ4n) is 6.26. The van der Waals surface area contributed by atoms with Gasteiger partial charge in [0.2, 0.25) is 0 Å². The standard InChI is InChI=1S/C18H29N3O.C17H29N3O/c1-14(2)17-8-7-16(11-19-17)21-10-4-9-18(22,13-21)12-20(3)15-5-6-15;1-13(2)14-6-7-16(15(18-14)12-19(4)5)20-10-8-17(3,21)9-11-20/h7-8,11,14-15,22H,4-6,9-10,12-13H2,1-3H3;6-7,13,21H,8-12H2,1-5H3/t18-;/m1./s1. The van der Waals surface area contributed by atoms with Crippen LogP contribution in [0, 0.1) is 0 Å². The molecule has 0 radical (unpaired) electrons. The lowest BCUT2D eigenvalue weighted by Crippen LogP contribution is -2.54. The number of hydrogen-bond donors (Lipinski definition) is 2. The number of aromatic nitrogens is 2. The number of hydrogen-bond acceptors (Lipinski definition) is 8. The predicted molar refractivity (Wildman–Crippen MR) is 178 cm³/mol. The molecule has 8 heteroatoms. The molecule has 43 heavy (non-hydrogen) atoms. The molecule has 3 aliphatic rings. The summed E-state index contributed by atoms with van der Waals surface area (Å²) in [6.45, 7) is 15.8. The van der Waals surface area contributed by atoms with Gasteiger partial charge >= 0.3 is 0 Å². The zero-order chi connectivity index (χ0) is 31.4. The van der Waals surface area contributed by atoms with E-state index < -0.39 is 11.2 Å². The molecular weight excluding hydrogens is 536 g/mol. The first-order valence-electron chi connectivity index (χ1n) is 16.5. The van der Waals surface area contributed by atoms with E-state index in [1.54, 1.807) is 0 Å². The van der Waals surface area contributed by atoms with Crippen LogP contribution in [-0.2, 0) is 6.54 Å². The third-order valence-corrected chi connectivity index (χ3v) is 9.21. The molecule has 0 unspecified atom stereocenters. The molecule has 1 saturated carbocycles. The van der Waals surface area contributed by atoms with E-state index in [0.29, 0.717) is 24.4 Å². The quantitative estimate of drug-likeness (QED) is 0.408. The zero-order valence-electron chi connectivity index (χ0n) is 28.2. The van der Waals surface area contributed by atoms with Crippen LogP contribution in [0.1, 0.15) is 102 Å². The lowest BCUT2D eigenvalue weighted by molar-refractivity contribution is -0.00344. The number of β-amino-alcohol motifs (C(OH)–C–C–N with tert-alkyl or cyclic N) is 1. The van der Waals surface area contributed by atoms with Gasteiger partial charge in [-0.15, -0.1) is 0 Å². The molecule has 240 valence electrons. The number of aliphatic hydroxyl groups is 2. The molecule has 2 N–H and O–H groups in total. The van der Waals surface area contributed by atoms with Crippen LogP contribution >= 0.6 is 0 Å². The van der Waals surface area contributed by atoms with Crippen molar-refractivity contribution in [1.29, 1.82) is 0 Å². The average Bonchev–Trinajstić information content (AvgIpc) is 3.79. The highest BCUT2D eigenvalue weighted by molar-refractivity contribution is 5.52. The minimum atomic E-state index is -0.591. The first kappa shape index (κ1) is 33.6. The van der Waals surface area contributed by atoms with E-state index in [1.165, 1.54) is 18.5 Å². The van der Waals surface area contributed by atoms with Crippen molar-refractivity contribution in [3.8, 4) is 0 Å². The van der Waals surface area contributed by atoms with E-state index in [0.717, 1.165) is 81.2 Å². The second-order valence-electron chi connectivity index (χ2n) is 14.6. The monoisotopic (exact) mass is 594 g/mol. The summed E-state index contributed by atoms with van der Waals surface area (Å²) < 4.78 is 0. The van der Waals surface area contributed by atoms with E-state index in [4.69, 9.17) is 4.98 Å². The number of rotatable bonds is 9. The highest BCUT2D eigenvalue weighted by Crippen LogP contribution is 2.32. The Kier molecular flexibility index (Phi) is 11.1. The Morgan fingerprint density at radius 3 is 2.09 bits per heavy atom. The van der Waals surface area contributed by atoms with Crippen LogP contribution in [0.2, 0.25) is 0 Å². The summed E-state index contributed by atoms with van der Waals surface area (Å²) in [4.78, 5) is 18.6. The van der Waals surface area contributed by atoms with Crippen LogP contribution in [0.3, 0.4) is 0 Å². The largest absolute Gasteiger partial charge is 0.390 e. The van der Waals surface area contributed by atoms with E-state index in [9.17, 15) is 10.2 Å². The van der Waals surface area contributed by atoms with Gasteiger partial charge in [0, 0.05) is 56.7 Å². The molecule has 8 nitrogen and oxygen atoms in total. The highest BCUT2D eigenvalue weighted by atomic mass is 16.3. The maximum absolute atomic E-state index is 11.0. The van der Waals surface area contributed by atoms with Crippen LogP contribution in [0.15, 0.2) is 30.5 Å². The van der Waals surface area contributed by atoms with E-state index in [1.807, 2.05) is 13.1 Å². The number of piperidine rings is 2. The van der Waals surface area contributed by atoms with Crippen molar-refractivity contribution in [2.75, 3.05) is 63.7 Å². The van der Waals surface area contributed by atoms with Crippen molar-refractivity contribution in [3.63, 3.8) is 0 Å². The molecule has 2 saturated heterocycles. The van der Waals surface area contributed by atoms with Crippen molar-refractivity contribution in [3.05, 3.63) is 47.5 Å². The molecular formula is C35H58N6O2. The molecule has 2 aromatic rings. The lowest BCUT2D eigenvalue weighted by Gasteiger charge is -2.42. The minimum absolute atomic E-state index is 0.446. The van der Waals surface area contributed by atoms with Gasteiger partial charge in [-0.1, -0.05) is 27.7 Å². The maximum atomic E-state index is 11.0. The van der Waals surface area contributed by atoms with E-state index in [-0.39, 0.29) is 0 Å². The summed E-state index contributed by atoms with van der Waals surface area (Å²) in [5.41, 5.74) is 4.69. The van der Waals surface area contributed by atoms with Gasteiger partial charge in [-0.3, -0.25) is 9.97 Å². The van der Waals surface area contributed by atoms with Crippen LogP contribution in [0.4, 0.5) is 11.4 Å². The Bertz CT molecular complexity index is 1150. The van der Waals surface area contributed by atoms with E-state index in [2.05, 4.69) is 97.7 Å². The van der Waals surface area contributed by atoms with Gasteiger partial charge in [-0.25, -0.2) is 0 Å². The molecule has 0 spiro atoms. The number of pyridine rings is 2. The summed E-state index contributed by atoms with van der Waals surface area (Å²) >= 11 is 0. The predicted octanol–water partition coefficient (Wildman–Crippen LogP) is 5.25. The smallest absolute Gasteiger partial charge is 0.0948 e. The maximum Gasteiger partial charge on any atom is 0.0948 e. The lowest BCUT2D eigenvalue weighted by atomic mass is 9.92. The minimum Gasteiger partial charge on any atom is -0.390 e. The second-order valence-corrected chi connectivity index (χ2v) is 14.6. The van der Waals surface area contributed by atoms with Crippen LogP contribution in [0.25, 0.3) is 0 Å². The summed E-state index contributed by atoms with van der Waals surface area (Å²) in [5.74, 6) is 0.904. The number of anilines is 2. The average molecular weight is 595 g/mol. The summed E-state index contributed by atoms with van der Waals surface area (Å²) in [6, 6.07) is 9.32. The fraction of sp³-hybridized carbons (Fsp3) is 0.714. The van der Waals surface area contributed by atoms with Gasteiger partial charge in [0.1, 0.15) is 0 Å². The van der Waals surface area contributed by atoms with Gasteiger partial charge in [-0.05, 0) is 103 Å². The van der Waals surface area contributed by atoms with Crippen LogP contribution in [0.5, 0.6) is 0 Å². The Morgan fingerprint density at radius 1 is 0.884 bits per heavy atom. The number of nitrogens with zero attached hydrogens (tertiary/aromatic N) is 6. The first-order valence-corrected chi connectivity index (χ1v) is 16.5. The molecule has 0 aromatic carbocycles. The highest BCUT2D eigenvalue weighted by Gasteiger charge is 2.38. The van der Waals surface area contributed by atoms with Crippen molar-refractivity contribution >= 4 is 11.4 Å². The molecule has 2 aliphatic heterocycles. The van der Waals surface area contributed by atoms with E-state index >= 15 is 0 Å². The molecule has 1 aliphatic carbocycles. The van der Waals surface area contributed by atoms with Gasteiger partial charge in [0.25, 0.3) is 0 Å². The summed E-state index contributed by atoms with van der Waals surface area (Å²) in [7, 11) is 6.30. The fourth-order valence-corrected chi connectivity index (χ4v) is 6.26. The van der Waals surface area contributed by atoms with Crippen LogP contribution < -0.4 is 9.80 Å². The Morgan fingerprint density at radius 2 is 1.53 bits per heavy atom. The topological polar surface area (TPSA) is 79.2 Å². The van der Waals surface area contributed by atoms with Gasteiger partial charge < -0.3 is 29.8 Å². The molecule has 3 fully saturated rings. The molecule has 0 amide bonds. The molecule has 2 aromatic heterocycles. The van der Waals surface area contributed by atoms with Crippen molar-refractivity contribution in [1.82, 2.24) is 19.8 Å². The van der Waals surface area contributed by atoms with Gasteiger partial charge in [0.15, 0.2) is 0 Å². The van der Waals surface area contributed by atoms with Gasteiger partial charge in [0.05, 0.1) is 34.5 Å². The Labute approximate surface area is 261 Å². The summed E-state index contributed by atoms with van der Waals surface area (Å²) in [5, 5.41) is 21.1. The van der Waals surface area contributed by atoms with Crippen molar-refractivity contribution < 1.29 is 10.2 Å². The van der Waals surface area contributed by atoms with Crippen molar-refractivity contribution in [2.24, 2.45) is 0 Å². The van der Waals surface area contributed by atoms with Gasteiger partial charge in [-0.2, -0.15) is 0 Å². The molecule has 0 bridgehead atoms. The first-order chi connectivity index (χ1) is 20.2. The second kappa shape index (κ2) is 14.2. The normalized spacial score (nSPS) is 22.4. The molecule has 4 heterocycles. The Balaban J connectivity index is 0.000000197. The Hall–Kier alpha value is -2.26.